The number of aromatic carboxylic acids is 1. The average Bonchev–Trinajstić information content (AvgIpc) is 2.47. The van der Waals surface area contributed by atoms with Gasteiger partial charge in [0, 0.05) is 6.20 Å². The first-order valence-electron chi connectivity index (χ1n) is 6.55. The molecule has 0 radical (unpaired) electrons. The van der Waals surface area contributed by atoms with Crippen molar-refractivity contribution in [2.75, 3.05) is 0 Å². The molecule has 1 aromatic carbocycles. The monoisotopic (exact) mass is 284 g/mol. The lowest BCUT2D eigenvalue weighted by Crippen LogP contribution is -2.29. The second-order valence-corrected chi connectivity index (χ2v) is 4.81. The van der Waals surface area contributed by atoms with E-state index in [-0.39, 0.29) is 17.3 Å². The number of carbonyl (C=O) groups is 2. The molecule has 5 heteroatoms. The Morgan fingerprint density at radius 2 is 1.86 bits per heavy atom. The smallest absolute Gasteiger partial charge is 0.338 e. The number of nitrogens with zero attached hydrogens (tertiary/aromatic N) is 1. The molecule has 0 saturated heterocycles. The summed E-state index contributed by atoms with van der Waals surface area (Å²) in [5, 5.41) is 11.8. The minimum Gasteiger partial charge on any atom is -0.478 e. The van der Waals surface area contributed by atoms with Crippen LogP contribution in [0.2, 0.25) is 0 Å². The Kier molecular flexibility index (Phi) is 4.33. The van der Waals surface area contributed by atoms with Crippen LogP contribution in [-0.2, 0) is 0 Å². The fourth-order valence-corrected chi connectivity index (χ4v) is 1.96. The highest BCUT2D eigenvalue weighted by molar-refractivity contribution is 6.03. The number of nitrogens with one attached hydrogen (secondary N) is 1. The van der Waals surface area contributed by atoms with Gasteiger partial charge >= 0.3 is 5.97 Å². The molecule has 0 aliphatic rings. The van der Waals surface area contributed by atoms with E-state index in [1.54, 1.807) is 0 Å². The number of amides is 1. The summed E-state index contributed by atoms with van der Waals surface area (Å²) in [4.78, 5) is 27.2. The highest BCUT2D eigenvalue weighted by Crippen LogP contribution is 2.14. The van der Waals surface area contributed by atoms with Gasteiger partial charge in [0.2, 0.25) is 0 Å². The Hall–Kier alpha value is -2.69. The first-order valence-corrected chi connectivity index (χ1v) is 6.55. The first-order chi connectivity index (χ1) is 9.99. The van der Waals surface area contributed by atoms with Crippen molar-refractivity contribution in [2.45, 2.75) is 19.9 Å². The third-order valence-electron chi connectivity index (χ3n) is 3.18. The summed E-state index contributed by atoms with van der Waals surface area (Å²) in [5.41, 5.74) is 1.90. The maximum Gasteiger partial charge on any atom is 0.338 e. The Morgan fingerprint density at radius 3 is 2.48 bits per heavy atom. The van der Waals surface area contributed by atoms with Crippen LogP contribution >= 0.6 is 0 Å². The van der Waals surface area contributed by atoms with E-state index in [1.807, 2.05) is 38.1 Å². The van der Waals surface area contributed by atoms with E-state index < -0.39 is 11.9 Å². The maximum atomic E-state index is 12.2. The van der Waals surface area contributed by atoms with Crippen molar-refractivity contribution in [3.05, 3.63) is 65.0 Å². The van der Waals surface area contributed by atoms with Gasteiger partial charge in [-0.15, -0.1) is 0 Å². The summed E-state index contributed by atoms with van der Waals surface area (Å²) in [6.07, 6.45) is 1.40. The zero-order chi connectivity index (χ0) is 15.4. The lowest BCUT2D eigenvalue weighted by Gasteiger charge is -2.15. The Morgan fingerprint density at radius 1 is 1.19 bits per heavy atom. The van der Waals surface area contributed by atoms with Gasteiger partial charge in [0.05, 0.1) is 11.6 Å². The predicted molar refractivity (Wildman–Crippen MR) is 78.3 cm³/mol. The van der Waals surface area contributed by atoms with Crippen molar-refractivity contribution in [1.29, 1.82) is 0 Å². The van der Waals surface area contributed by atoms with E-state index >= 15 is 0 Å². The Labute approximate surface area is 122 Å². The zero-order valence-corrected chi connectivity index (χ0v) is 11.8. The number of aromatic nitrogens is 1. The number of hydrogen-bond donors (Lipinski definition) is 2. The van der Waals surface area contributed by atoms with Gasteiger partial charge in [0.1, 0.15) is 5.69 Å². The second-order valence-electron chi connectivity index (χ2n) is 4.81. The molecule has 2 N–H and O–H groups in total. The van der Waals surface area contributed by atoms with E-state index in [0.29, 0.717) is 0 Å². The van der Waals surface area contributed by atoms with E-state index in [9.17, 15) is 9.59 Å². The first kappa shape index (κ1) is 14.7. The highest BCUT2D eigenvalue weighted by atomic mass is 16.4. The number of pyridine rings is 1. The van der Waals surface area contributed by atoms with Gasteiger partial charge in [-0.2, -0.15) is 0 Å². The molecular weight excluding hydrogens is 268 g/mol. The number of carboxylic acid groups (broad SMARTS) is 1. The van der Waals surface area contributed by atoms with E-state index in [4.69, 9.17) is 5.11 Å². The third kappa shape index (κ3) is 3.45. The fraction of sp³-hybridized carbons (Fsp3) is 0.188. The van der Waals surface area contributed by atoms with Gasteiger partial charge in [-0.05, 0) is 31.5 Å². The number of aryl methyl sites for hydroxylation is 1. The SMILES string of the molecule is Cc1ccc([C@@H](C)NC(=O)c2ncccc2C(=O)O)cc1. The topological polar surface area (TPSA) is 79.3 Å². The zero-order valence-electron chi connectivity index (χ0n) is 11.8. The van der Waals surface area contributed by atoms with Crippen LogP contribution in [0, 0.1) is 6.92 Å². The van der Waals surface area contributed by atoms with Gasteiger partial charge < -0.3 is 10.4 Å². The number of benzene rings is 1. The standard InChI is InChI=1S/C16H16N2O3/c1-10-5-7-12(8-6-10)11(2)18-15(19)14-13(16(20)21)4-3-9-17-14/h3-9,11H,1-2H3,(H,18,19)(H,20,21)/t11-/m1/s1. The summed E-state index contributed by atoms with van der Waals surface area (Å²) < 4.78 is 0. The summed E-state index contributed by atoms with van der Waals surface area (Å²) in [7, 11) is 0. The van der Waals surface area contributed by atoms with E-state index in [1.165, 1.54) is 18.3 Å². The molecule has 0 bridgehead atoms. The van der Waals surface area contributed by atoms with Crippen molar-refractivity contribution >= 4 is 11.9 Å². The lowest BCUT2D eigenvalue weighted by atomic mass is 10.1. The van der Waals surface area contributed by atoms with Crippen molar-refractivity contribution in [2.24, 2.45) is 0 Å². The summed E-state index contributed by atoms with van der Waals surface area (Å²) >= 11 is 0. The summed E-state index contributed by atoms with van der Waals surface area (Å²) in [5.74, 6) is -1.67. The van der Waals surface area contributed by atoms with Crippen molar-refractivity contribution in [1.82, 2.24) is 10.3 Å². The second kappa shape index (κ2) is 6.17. The van der Waals surface area contributed by atoms with Crippen LogP contribution in [0.5, 0.6) is 0 Å². The van der Waals surface area contributed by atoms with Crippen molar-refractivity contribution in [3.8, 4) is 0 Å². The molecule has 0 saturated carbocycles. The van der Waals surface area contributed by atoms with Crippen LogP contribution in [0.4, 0.5) is 0 Å². The molecule has 0 aliphatic carbocycles. The minimum absolute atomic E-state index is 0.0797. The maximum absolute atomic E-state index is 12.2. The molecule has 0 spiro atoms. The van der Waals surface area contributed by atoms with Crippen molar-refractivity contribution in [3.63, 3.8) is 0 Å². The summed E-state index contributed by atoms with van der Waals surface area (Å²) in [6, 6.07) is 10.4. The third-order valence-corrected chi connectivity index (χ3v) is 3.18. The molecule has 1 aromatic heterocycles. The fourth-order valence-electron chi connectivity index (χ4n) is 1.96. The van der Waals surface area contributed by atoms with Crippen LogP contribution in [0.25, 0.3) is 0 Å². The van der Waals surface area contributed by atoms with Crippen LogP contribution in [0.3, 0.4) is 0 Å². The van der Waals surface area contributed by atoms with Gasteiger partial charge in [0.15, 0.2) is 0 Å². The molecule has 0 aliphatic heterocycles. The van der Waals surface area contributed by atoms with Gasteiger partial charge in [-0.1, -0.05) is 29.8 Å². The normalized spacial score (nSPS) is 11.7. The quantitative estimate of drug-likeness (QED) is 0.904. The molecular formula is C16H16N2O3. The van der Waals surface area contributed by atoms with Crippen LogP contribution < -0.4 is 5.32 Å². The van der Waals surface area contributed by atoms with Crippen LogP contribution in [-0.4, -0.2) is 22.0 Å². The molecule has 108 valence electrons. The minimum atomic E-state index is -1.17. The number of carboxylic acids is 1. The van der Waals surface area contributed by atoms with Crippen LogP contribution in [0.1, 0.15) is 44.9 Å². The van der Waals surface area contributed by atoms with E-state index in [2.05, 4.69) is 10.3 Å². The van der Waals surface area contributed by atoms with Crippen molar-refractivity contribution < 1.29 is 14.7 Å². The molecule has 1 heterocycles. The molecule has 1 amide bonds. The largest absolute Gasteiger partial charge is 0.478 e. The molecule has 0 fully saturated rings. The molecule has 21 heavy (non-hydrogen) atoms. The molecule has 2 aromatic rings. The molecule has 1 atom stereocenters. The van der Waals surface area contributed by atoms with Crippen LogP contribution in [0.15, 0.2) is 42.6 Å². The predicted octanol–water partition coefficient (Wildman–Crippen LogP) is 2.58. The Balaban J connectivity index is 2.18. The molecule has 5 nitrogen and oxygen atoms in total. The average molecular weight is 284 g/mol. The van der Waals surface area contributed by atoms with Gasteiger partial charge in [0.25, 0.3) is 5.91 Å². The molecule has 0 unspecified atom stereocenters. The number of carbonyl (C=O) groups excluding carboxylic acids is 1. The van der Waals surface area contributed by atoms with Gasteiger partial charge in [-0.3, -0.25) is 9.78 Å². The molecule has 2 rings (SSSR count). The Bertz CT molecular complexity index is 665. The van der Waals surface area contributed by atoms with Gasteiger partial charge in [-0.25, -0.2) is 4.79 Å². The summed E-state index contributed by atoms with van der Waals surface area (Å²) in [6.45, 7) is 3.83. The highest BCUT2D eigenvalue weighted by Gasteiger charge is 2.19. The number of hydrogen-bond acceptors (Lipinski definition) is 3. The lowest BCUT2D eigenvalue weighted by molar-refractivity contribution is 0.0689. The number of rotatable bonds is 4. The van der Waals surface area contributed by atoms with E-state index in [0.717, 1.165) is 11.1 Å².